The predicted octanol–water partition coefficient (Wildman–Crippen LogP) is 3.56. The summed E-state index contributed by atoms with van der Waals surface area (Å²) in [5, 5.41) is 24.3. The van der Waals surface area contributed by atoms with Crippen LogP contribution in [0.4, 0.5) is 0 Å². The number of methoxy groups -OCH3 is 1. The van der Waals surface area contributed by atoms with Gasteiger partial charge in [-0.05, 0) is 42.5 Å². The molecule has 4 aromatic rings. The van der Waals surface area contributed by atoms with E-state index in [0.29, 0.717) is 33.6 Å². The van der Waals surface area contributed by atoms with Crippen LogP contribution in [-0.4, -0.2) is 35.7 Å². The fraction of sp³-hybridized carbons (Fsp3) is 0.190. The number of fused-ring (bicyclic) bond motifs is 1. The topological polar surface area (TPSA) is 115 Å². The minimum absolute atomic E-state index is 0.309. The number of hydrogen-bond acceptors (Lipinski definition) is 7. The van der Waals surface area contributed by atoms with Crippen LogP contribution in [0.5, 0.6) is 5.75 Å². The highest BCUT2D eigenvalue weighted by Crippen LogP contribution is 2.34. The number of aliphatic hydroxyl groups is 2. The molecule has 2 heterocycles. The van der Waals surface area contributed by atoms with Crippen LogP contribution in [0, 0.1) is 0 Å². The molecule has 0 radical (unpaired) electrons. The highest BCUT2D eigenvalue weighted by molar-refractivity contribution is 6.32. The Morgan fingerprint density at radius 1 is 1.07 bits per heavy atom. The van der Waals surface area contributed by atoms with Gasteiger partial charge in [0, 0.05) is 22.6 Å². The van der Waals surface area contributed by atoms with Gasteiger partial charge in [0.15, 0.2) is 5.76 Å². The first kappa shape index (κ1) is 19.5. The maximum absolute atomic E-state index is 9.48. The lowest BCUT2D eigenvalue weighted by Crippen LogP contribution is -2.43. The van der Waals surface area contributed by atoms with Crippen LogP contribution in [0.1, 0.15) is 5.76 Å². The van der Waals surface area contributed by atoms with Gasteiger partial charge in [-0.1, -0.05) is 16.8 Å². The van der Waals surface area contributed by atoms with Gasteiger partial charge in [-0.2, -0.15) is 0 Å². The highest BCUT2D eigenvalue weighted by atomic mass is 35.5. The summed E-state index contributed by atoms with van der Waals surface area (Å²) in [6, 6.07) is 14.4. The van der Waals surface area contributed by atoms with E-state index < -0.39 is 18.8 Å². The summed E-state index contributed by atoms with van der Waals surface area (Å²) in [5.74, 6) is 1.46. The molecule has 150 valence electrons. The van der Waals surface area contributed by atoms with Crippen LogP contribution >= 0.6 is 11.6 Å². The van der Waals surface area contributed by atoms with Crippen LogP contribution in [0.15, 0.2) is 57.5 Å². The maximum atomic E-state index is 9.48. The van der Waals surface area contributed by atoms with Gasteiger partial charge < -0.3 is 29.6 Å². The molecular weight excluding hydrogens is 396 g/mol. The number of halogens is 1. The van der Waals surface area contributed by atoms with E-state index in [9.17, 15) is 10.2 Å². The lowest BCUT2D eigenvalue weighted by molar-refractivity contribution is 0.105. The van der Waals surface area contributed by atoms with E-state index in [1.165, 1.54) is 0 Å². The minimum Gasteiger partial charge on any atom is -0.495 e. The molecule has 2 aromatic heterocycles. The molecule has 0 fully saturated rings. The molecule has 0 saturated heterocycles. The second kappa shape index (κ2) is 7.53. The SMILES string of the molecule is COc1ccc(-c2cc(-c3ccc4oc(C(N)(CO)CO)cc4c3)no2)cc1Cl. The Morgan fingerprint density at radius 2 is 1.83 bits per heavy atom. The number of nitrogens with zero attached hydrogens (tertiary/aromatic N) is 1. The summed E-state index contributed by atoms with van der Waals surface area (Å²) in [6.07, 6.45) is 0. The number of nitrogens with two attached hydrogens (primary N) is 1. The highest BCUT2D eigenvalue weighted by Gasteiger charge is 2.30. The molecule has 0 unspecified atom stereocenters. The van der Waals surface area contributed by atoms with Crippen molar-refractivity contribution in [2.75, 3.05) is 20.3 Å². The quantitative estimate of drug-likeness (QED) is 0.442. The normalized spacial score (nSPS) is 11.9. The number of hydrogen-bond donors (Lipinski definition) is 3. The van der Waals surface area contributed by atoms with Gasteiger partial charge in [0.2, 0.25) is 0 Å². The monoisotopic (exact) mass is 414 g/mol. The second-order valence-electron chi connectivity index (χ2n) is 6.76. The molecule has 4 N–H and O–H groups in total. The fourth-order valence-electron chi connectivity index (χ4n) is 3.02. The molecule has 8 heteroatoms. The molecule has 0 aliphatic rings. The molecule has 0 atom stereocenters. The van der Waals surface area contributed by atoms with Crippen molar-refractivity contribution >= 4 is 22.6 Å². The summed E-state index contributed by atoms with van der Waals surface area (Å²) >= 11 is 6.19. The van der Waals surface area contributed by atoms with E-state index in [2.05, 4.69) is 5.16 Å². The smallest absolute Gasteiger partial charge is 0.167 e. The summed E-state index contributed by atoms with van der Waals surface area (Å²) in [6.45, 7) is -0.875. The van der Waals surface area contributed by atoms with Crippen molar-refractivity contribution in [1.82, 2.24) is 5.16 Å². The van der Waals surface area contributed by atoms with Crippen LogP contribution in [0.3, 0.4) is 0 Å². The van der Waals surface area contributed by atoms with E-state index in [0.717, 1.165) is 16.5 Å². The molecule has 0 spiro atoms. The number of benzene rings is 2. The molecule has 2 aromatic carbocycles. The average Bonchev–Trinajstić information content (AvgIpc) is 3.40. The molecule has 0 bridgehead atoms. The summed E-state index contributed by atoms with van der Waals surface area (Å²) < 4.78 is 16.3. The molecule has 4 rings (SSSR count). The number of ether oxygens (including phenoxy) is 1. The van der Waals surface area contributed by atoms with Crippen LogP contribution < -0.4 is 10.5 Å². The van der Waals surface area contributed by atoms with Gasteiger partial charge >= 0.3 is 0 Å². The van der Waals surface area contributed by atoms with E-state index in [4.69, 9.17) is 31.0 Å². The van der Waals surface area contributed by atoms with Crippen molar-refractivity contribution in [3.8, 4) is 28.3 Å². The van der Waals surface area contributed by atoms with Gasteiger partial charge in [0.25, 0.3) is 0 Å². The molecule has 0 aliphatic carbocycles. The molecular formula is C21H19ClN2O5. The van der Waals surface area contributed by atoms with Gasteiger partial charge in [-0.3, -0.25) is 0 Å². The van der Waals surface area contributed by atoms with Crippen molar-refractivity contribution in [3.63, 3.8) is 0 Å². The van der Waals surface area contributed by atoms with E-state index >= 15 is 0 Å². The first-order chi connectivity index (χ1) is 14.0. The Balaban J connectivity index is 1.68. The van der Waals surface area contributed by atoms with Crippen molar-refractivity contribution in [2.45, 2.75) is 5.54 Å². The van der Waals surface area contributed by atoms with Crippen LogP contribution in [0.25, 0.3) is 33.6 Å². The molecule has 0 amide bonds. The van der Waals surface area contributed by atoms with Crippen LogP contribution in [0.2, 0.25) is 5.02 Å². The van der Waals surface area contributed by atoms with Crippen molar-refractivity contribution in [3.05, 3.63) is 59.3 Å². The predicted molar refractivity (Wildman–Crippen MR) is 109 cm³/mol. The summed E-state index contributed by atoms with van der Waals surface area (Å²) in [4.78, 5) is 0. The average molecular weight is 415 g/mol. The Hall–Kier alpha value is -2.84. The van der Waals surface area contributed by atoms with E-state index in [-0.39, 0.29) is 0 Å². The third-order valence-electron chi connectivity index (χ3n) is 4.81. The van der Waals surface area contributed by atoms with Crippen molar-refractivity contribution in [2.24, 2.45) is 5.73 Å². The molecule has 7 nitrogen and oxygen atoms in total. The Kier molecular flexibility index (Phi) is 5.06. The van der Waals surface area contributed by atoms with Crippen molar-refractivity contribution in [1.29, 1.82) is 0 Å². The third kappa shape index (κ3) is 3.49. The number of rotatable bonds is 6. The van der Waals surface area contributed by atoms with Gasteiger partial charge in [-0.25, -0.2) is 0 Å². The summed E-state index contributed by atoms with van der Waals surface area (Å²) in [7, 11) is 1.56. The number of furan rings is 1. The lowest BCUT2D eigenvalue weighted by atomic mass is 9.99. The van der Waals surface area contributed by atoms with Gasteiger partial charge in [0.05, 0.1) is 25.3 Å². The Bertz CT molecular complexity index is 1160. The lowest BCUT2D eigenvalue weighted by Gasteiger charge is -2.21. The number of aromatic nitrogens is 1. The zero-order valence-electron chi connectivity index (χ0n) is 15.6. The molecule has 0 saturated carbocycles. The van der Waals surface area contributed by atoms with E-state index in [1.807, 2.05) is 24.3 Å². The van der Waals surface area contributed by atoms with E-state index in [1.54, 1.807) is 31.4 Å². The minimum atomic E-state index is -1.34. The van der Waals surface area contributed by atoms with Gasteiger partial charge in [0.1, 0.15) is 28.3 Å². The van der Waals surface area contributed by atoms with Gasteiger partial charge in [-0.15, -0.1) is 0 Å². The standard InChI is InChI=1S/C21H19ClN2O5/c1-27-18-5-3-13(7-15(18)22)19-9-16(24-29-19)12-2-4-17-14(6-12)8-20(28-17)21(23,10-25)11-26/h2-9,25-26H,10-11,23H2,1H3. The largest absolute Gasteiger partial charge is 0.495 e. The first-order valence-electron chi connectivity index (χ1n) is 8.83. The zero-order chi connectivity index (χ0) is 20.6. The number of aliphatic hydroxyl groups excluding tert-OH is 2. The van der Waals surface area contributed by atoms with Crippen molar-refractivity contribution < 1.29 is 23.9 Å². The molecule has 0 aliphatic heterocycles. The maximum Gasteiger partial charge on any atom is 0.167 e. The molecule has 29 heavy (non-hydrogen) atoms. The summed E-state index contributed by atoms with van der Waals surface area (Å²) in [5.41, 5.74) is 7.47. The van der Waals surface area contributed by atoms with Crippen LogP contribution in [-0.2, 0) is 5.54 Å². The Labute approximate surface area is 171 Å². The third-order valence-corrected chi connectivity index (χ3v) is 5.11. The Morgan fingerprint density at radius 3 is 2.52 bits per heavy atom. The zero-order valence-corrected chi connectivity index (χ0v) is 16.3. The first-order valence-corrected chi connectivity index (χ1v) is 9.21. The fourth-order valence-corrected chi connectivity index (χ4v) is 3.28. The second-order valence-corrected chi connectivity index (χ2v) is 7.17.